The molecule has 0 radical (unpaired) electrons. The zero-order chi connectivity index (χ0) is 18.9. The molecule has 0 atom stereocenters. The van der Waals surface area contributed by atoms with E-state index in [1.54, 1.807) is 0 Å². The summed E-state index contributed by atoms with van der Waals surface area (Å²) in [6.45, 7) is 7.13. The van der Waals surface area contributed by atoms with Crippen LogP contribution in [0.1, 0.15) is 35.3 Å². The lowest BCUT2D eigenvalue weighted by molar-refractivity contribution is 0.0303. The Hall–Kier alpha value is -2.53. The topological polar surface area (TPSA) is 48.0 Å². The van der Waals surface area contributed by atoms with Gasteiger partial charge >= 0.3 is 0 Å². The number of carbonyl (C=O) groups excluding carboxylic acids is 1. The number of carbonyl (C=O) groups is 1. The van der Waals surface area contributed by atoms with E-state index >= 15 is 0 Å². The van der Waals surface area contributed by atoms with Crippen LogP contribution in [-0.2, 0) is 17.8 Å². The van der Waals surface area contributed by atoms with Crippen molar-refractivity contribution >= 4 is 5.91 Å². The molecule has 5 nitrogen and oxygen atoms in total. The number of hydrogen-bond donors (Lipinski definition) is 0. The molecule has 0 bridgehead atoms. The largest absolute Gasteiger partial charge is 0.485 e. The van der Waals surface area contributed by atoms with E-state index in [0.717, 1.165) is 23.5 Å². The third-order valence-corrected chi connectivity index (χ3v) is 4.95. The van der Waals surface area contributed by atoms with E-state index in [2.05, 4.69) is 19.9 Å². The van der Waals surface area contributed by atoms with Crippen LogP contribution in [0, 0.1) is 0 Å². The molecule has 1 saturated heterocycles. The molecular weight excluding hydrogens is 342 g/mol. The molecule has 0 spiro atoms. The fourth-order valence-electron chi connectivity index (χ4n) is 3.55. The second-order valence-corrected chi connectivity index (χ2v) is 7.67. The second kappa shape index (κ2) is 7.24. The van der Waals surface area contributed by atoms with Gasteiger partial charge in [0.25, 0.3) is 5.91 Å². The van der Waals surface area contributed by atoms with Gasteiger partial charge in [-0.05, 0) is 37.6 Å². The minimum absolute atomic E-state index is 0.0577. The molecule has 2 aliphatic rings. The second-order valence-electron chi connectivity index (χ2n) is 7.67. The van der Waals surface area contributed by atoms with Crippen molar-refractivity contribution in [3.05, 3.63) is 59.2 Å². The summed E-state index contributed by atoms with van der Waals surface area (Å²) in [4.78, 5) is 14.3. The average Bonchev–Trinajstić information content (AvgIpc) is 3.01. The van der Waals surface area contributed by atoms with E-state index in [9.17, 15) is 4.79 Å². The summed E-state index contributed by atoms with van der Waals surface area (Å²) in [7, 11) is 0. The van der Waals surface area contributed by atoms with Gasteiger partial charge in [0, 0.05) is 30.6 Å². The maximum atomic E-state index is 12.5. The van der Waals surface area contributed by atoms with Crippen molar-refractivity contribution in [1.82, 2.24) is 4.90 Å². The molecule has 27 heavy (non-hydrogen) atoms. The summed E-state index contributed by atoms with van der Waals surface area (Å²) in [5.74, 6) is 1.68. The monoisotopic (exact) mass is 367 g/mol. The molecule has 1 fully saturated rings. The molecule has 2 aliphatic heterocycles. The maximum Gasteiger partial charge on any atom is 0.254 e. The zero-order valence-corrected chi connectivity index (χ0v) is 15.9. The van der Waals surface area contributed by atoms with Crippen molar-refractivity contribution in [1.29, 1.82) is 0 Å². The molecule has 0 aromatic heterocycles. The predicted octanol–water partition coefficient (Wildman–Crippen LogP) is 3.45. The molecule has 1 amide bonds. The number of rotatable bonds is 4. The van der Waals surface area contributed by atoms with Crippen LogP contribution < -0.4 is 9.47 Å². The van der Waals surface area contributed by atoms with E-state index in [-0.39, 0.29) is 11.5 Å². The summed E-state index contributed by atoms with van der Waals surface area (Å²) >= 11 is 0. The van der Waals surface area contributed by atoms with Gasteiger partial charge in [0.15, 0.2) is 11.5 Å². The van der Waals surface area contributed by atoms with Crippen molar-refractivity contribution in [3.63, 3.8) is 0 Å². The van der Waals surface area contributed by atoms with Crippen LogP contribution in [0.15, 0.2) is 42.5 Å². The molecule has 0 unspecified atom stereocenters. The molecule has 2 aromatic carbocycles. The van der Waals surface area contributed by atoms with Gasteiger partial charge < -0.3 is 19.1 Å². The summed E-state index contributed by atoms with van der Waals surface area (Å²) in [6.07, 6.45) is 0.887. The van der Waals surface area contributed by atoms with Gasteiger partial charge in [-0.3, -0.25) is 4.79 Å². The lowest BCUT2D eigenvalue weighted by Gasteiger charge is -2.26. The predicted molar refractivity (Wildman–Crippen MR) is 102 cm³/mol. The summed E-state index contributed by atoms with van der Waals surface area (Å²) in [5.41, 5.74) is 2.71. The smallest absolute Gasteiger partial charge is 0.254 e. The van der Waals surface area contributed by atoms with Gasteiger partial charge in [-0.2, -0.15) is 0 Å². The molecular formula is C22H25NO4. The normalized spacial score (nSPS) is 17.9. The van der Waals surface area contributed by atoms with Crippen LogP contribution in [0.2, 0.25) is 0 Å². The molecule has 0 N–H and O–H groups in total. The van der Waals surface area contributed by atoms with Crippen molar-refractivity contribution < 1.29 is 19.0 Å². The molecule has 0 saturated carbocycles. The number of fused-ring (bicyclic) bond motifs is 1. The standard InChI is InChI=1S/C22H25NO4/c1-22(2)14-18-4-3-5-19(20(18)27-22)26-15-16-6-8-17(9-7-16)21(24)23-10-12-25-13-11-23/h3-9H,10-15H2,1-2H3. The highest BCUT2D eigenvalue weighted by Gasteiger charge is 2.32. The quantitative estimate of drug-likeness (QED) is 0.830. The number of ether oxygens (including phenoxy) is 3. The van der Waals surface area contributed by atoms with Gasteiger partial charge in [-0.15, -0.1) is 0 Å². The third kappa shape index (κ3) is 3.93. The number of amides is 1. The fourth-order valence-corrected chi connectivity index (χ4v) is 3.55. The Morgan fingerprint density at radius 1 is 1.11 bits per heavy atom. The van der Waals surface area contributed by atoms with Crippen molar-refractivity contribution in [2.24, 2.45) is 0 Å². The fraction of sp³-hybridized carbons (Fsp3) is 0.409. The molecule has 5 heteroatoms. The summed E-state index contributed by atoms with van der Waals surface area (Å²) in [6, 6.07) is 13.7. The lowest BCUT2D eigenvalue weighted by atomic mass is 10.0. The van der Waals surface area contributed by atoms with E-state index in [0.29, 0.717) is 38.5 Å². The van der Waals surface area contributed by atoms with Gasteiger partial charge in [0.2, 0.25) is 0 Å². The average molecular weight is 367 g/mol. The molecule has 4 rings (SSSR count). The van der Waals surface area contributed by atoms with Crippen LogP contribution in [0.4, 0.5) is 0 Å². The van der Waals surface area contributed by atoms with Crippen molar-refractivity contribution in [2.45, 2.75) is 32.5 Å². The Bertz CT molecular complexity index is 823. The maximum absolute atomic E-state index is 12.5. The SMILES string of the molecule is CC1(C)Cc2cccc(OCc3ccc(C(=O)N4CCOCC4)cc3)c2O1. The molecule has 2 heterocycles. The highest BCUT2D eigenvalue weighted by atomic mass is 16.5. The van der Waals surface area contributed by atoms with Gasteiger partial charge in [-0.25, -0.2) is 0 Å². The Labute approximate surface area is 159 Å². The first-order chi connectivity index (χ1) is 13.0. The van der Waals surface area contributed by atoms with E-state index in [1.807, 2.05) is 41.3 Å². The van der Waals surface area contributed by atoms with Gasteiger partial charge in [-0.1, -0.05) is 24.3 Å². The first kappa shape index (κ1) is 17.9. The number of para-hydroxylation sites is 1. The number of hydrogen-bond acceptors (Lipinski definition) is 4. The number of benzene rings is 2. The van der Waals surface area contributed by atoms with Gasteiger partial charge in [0.05, 0.1) is 13.2 Å². The molecule has 142 valence electrons. The van der Waals surface area contributed by atoms with Crippen molar-refractivity contribution in [3.8, 4) is 11.5 Å². The summed E-state index contributed by atoms with van der Waals surface area (Å²) < 4.78 is 17.4. The summed E-state index contributed by atoms with van der Waals surface area (Å²) in [5, 5.41) is 0. The van der Waals surface area contributed by atoms with Crippen molar-refractivity contribution in [2.75, 3.05) is 26.3 Å². The lowest BCUT2D eigenvalue weighted by Crippen LogP contribution is -2.40. The van der Waals surface area contributed by atoms with Gasteiger partial charge in [0.1, 0.15) is 12.2 Å². The minimum atomic E-state index is -0.191. The zero-order valence-electron chi connectivity index (χ0n) is 15.9. The Morgan fingerprint density at radius 2 is 1.85 bits per heavy atom. The van der Waals surface area contributed by atoms with E-state index in [4.69, 9.17) is 14.2 Å². The highest BCUT2D eigenvalue weighted by Crippen LogP contribution is 2.41. The molecule has 2 aromatic rings. The first-order valence-electron chi connectivity index (χ1n) is 9.41. The Morgan fingerprint density at radius 3 is 2.59 bits per heavy atom. The minimum Gasteiger partial charge on any atom is -0.485 e. The van der Waals surface area contributed by atoms with Crippen LogP contribution >= 0.6 is 0 Å². The van der Waals surface area contributed by atoms with Crippen LogP contribution in [0.3, 0.4) is 0 Å². The first-order valence-corrected chi connectivity index (χ1v) is 9.41. The molecule has 0 aliphatic carbocycles. The Kier molecular flexibility index (Phi) is 4.79. The van der Waals surface area contributed by atoms with E-state index in [1.165, 1.54) is 5.56 Å². The Balaban J connectivity index is 1.40. The van der Waals surface area contributed by atoms with Crippen LogP contribution in [0.5, 0.6) is 11.5 Å². The van der Waals surface area contributed by atoms with Crippen LogP contribution in [-0.4, -0.2) is 42.7 Å². The van der Waals surface area contributed by atoms with Crippen LogP contribution in [0.25, 0.3) is 0 Å². The number of nitrogens with zero attached hydrogens (tertiary/aromatic N) is 1. The van der Waals surface area contributed by atoms with E-state index < -0.39 is 0 Å². The third-order valence-electron chi connectivity index (χ3n) is 4.95. The highest BCUT2D eigenvalue weighted by molar-refractivity contribution is 5.94. The number of morpholine rings is 1.